The van der Waals surface area contributed by atoms with E-state index in [0.29, 0.717) is 16.6 Å². The van der Waals surface area contributed by atoms with Crippen LogP contribution in [0.1, 0.15) is 61.3 Å². The lowest BCUT2D eigenvalue weighted by atomic mass is 9.80. The second-order valence-electron chi connectivity index (χ2n) is 15.2. The summed E-state index contributed by atoms with van der Waals surface area (Å²) in [6, 6.07) is 32.6. The SMILES string of the molecule is Brc1ccc2nc3n(c2c1)CCN(C1CCC1)CC3.N#Cc1ccc(-c2ccc3nc4n(c3c2)CCN(C2CCC2)CC4)cc1.N#Cc1ccc(B(O)O)cc1. The Balaban J connectivity index is 0.000000129. The van der Waals surface area contributed by atoms with Crippen LogP contribution in [0, 0.1) is 22.7 Å². The first-order valence-corrected chi connectivity index (χ1v) is 20.6. The molecule has 0 spiro atoms. The lowest BCUT2D eigenvalue weighted by Crippen LogP contribution is -2.41. The summed E-state index contributed by atoms with van der Waals surface area (Å²) < 4.78 is 5.97. The molecule has 2 fully saturated rings. The second kappa shape index (κ2) is 17.1. The largest absolute Gasteiger partial charge is 0.488 e. The van der Waals surface area contributed by atoms with Gasteiger partial charge in [-0.3, -0.25) is 9.80 Å². The third-order valence-corrected chi connectivity index (χ3v) is 12.4. The predicted molar refractivity (Wildman–Crippen MR) is 224 cm³/mol. The van der Waals surface area contributed by atoms with E-state index in [0.717, 1.165) is 72.2 Å². The van der Waals surface area contributed by atoms with Gasteiger partial charge in [0.05, 0.1) is 45.3 Å². The average molecular weight is 810 g/mol. The quantitative estimate of drug-likeness (QED) is 0.195. The number of benzene rings is 4. The fraction of sp³-hybridized carbons (Fsp3) is 0.364. The monoisotopic (exact) mass is 808 g/mol. The second-order valence-corrected chi connectivity index (χ2v) is 16.1. The van der Waals surface area contributed by atoms with E-state index >= 15 is 0 Å². The fourth-order valence-electron chi connectivity index (χ4n) is 8.25. The molecule has 4 aromatic carbocycles. The van der Waals surface area contributed by atoms with Crippen molar-refractivity contribution in [2.24, 2.45) is 0 Å². The molecule has 0 atom stereocenters. The van der Waals surface area contributed by atoms with E-state index in [4.69, 9.17) is 30.5 Å². The van der Waals surface area contributed by atoms with Gasteiger partial charge in [0.2, 0.25) is 0 Å². The summed E-state index contributed by atoms with van der Waals surface area (Å²) in [6.45, 7) is 6.73. The van der Waals surface area contributed by atoms with E-state index < -0.39 is 7.12 Å². The zero-order chi connectivity index (χ0) is 38.6. The Hall–Kier alpha value is -4.82. The number of fused-ring (bicyclic) bond motifs is 6. The maximum Gasteiger partial charge on any atom is 0.488 e. The Bertz CT molecular complexity index is 2390. The van der Waals surface area contributed by atoms with E-state index in [1.807, 2.05) is 30.3 Å². The summed E-state index contributed by atoms with van der Waals surface area (Å²) in [7, 11) is -1.46. The molecule has 10 rings (SSSR count). The van der Waals surface area contributed by atoms with Crippen molar-refractivity contribution in [1.29, 1.82) is 10.5 Å². The van der Waals surface area contributed by atoms with E-state index in [-0.39, 0.29) is 0 Å². The fourth-order valence-corrected chi connectivity index (χ4v) is 8.60. The van der Waals surface area contributed by atoms with Crippen molar-refractivity contribution in [3.63, 3.8) is 0 Å². The number of aromatic nitrogens is 4. The number of hydrogen-bond acceptors (Lipinski definition) is 8. The molecule has 12 heteroatoms. The summed E-state index contributed by atoms with van der Waals surface area (Å²) in [5.74, 6) is 2.48. The molecule has 0 amide bonds. The number of nitriles is 2. The molecule has 4 aliphatic rings. The van der Waals surface area contributed by atoms with Gasteiger partial charge < -0.3 is 19.2 Å². The third kappa shape index (κ3) is 8.32. The number of imidazole rings is 2. The highest BCUT2D eigenvalue weighted by molar-refractivity contribution is 9.10. The van der Waals surface area contributed by atoms with Crippen molar-refractivity contribution in [2.75, 3.05) is 26.2 Å². The average Bonchev–Trinajstić information content (AvgIpc) is 3.54. The third-order valence-electron chi connectivity index (χ3n) is 12.0. The molecule has 6 aromatic rings. The molecule has 4 heterocycles. The molecule has 0 unspecified atom stereocenters. The van der Waals surface area contributed by atoms with Crippen molar-refractivity contribution in [2.45, 2.75) is 76.5 Å². The highest BCUT2D eigenvalue weighted by Gasteiger charge is 2.28. The van der Waals surface area contributed by atoms with Crippen LogP contribution < -0.4 is 5.46 Å². The van der Waals surface area contributed by atoms with Crippen molar-refractivity contribution in [3.05, 3.63) is 112 Å². The maximum atomic E-state index is 8.99. The van der Waals surface area contributed by atoms with Gasteiger partial charge in [0.1, 0.15) is 11.6 Å². The first-order valence-electron chi connectivity index (χ1n) is 19.9. The van der Waals surface area contributed by atoms with Gasteiger partial charge in [-0.2, -0.15) is 10.5 Å². The molecule has 56 heavy (non-hydrogen) atoms. The van der Waals surface area contributed by atoms with Gasteiger partial charge in [0.25, 0.3) is 0 Å². The van der Waals surface area contributed by atoms with Crippen molar-refractivity contribution >= 4 is 50.6 Å². The van der Waals surface area contributed by atoms with Gasteiger partial charge in [-0.05, 0) is 96.9 Å². The zero-order valence-corrected chi connectivity index (χ0v) is 33.2. The summed E-state index contributed by atoms with van der Waals surface area (Å²) in [4.78, 5) is 15.0. The lowest BCUT2D eigenvalue weighted by Gasteiger charge is -2.36. The van der Waals surface area contributed by atoms with E-state index in [9.17, 15) is 0 Å². The molecule has 2 N–H and O–H groups in total. The lowest BCUT2D eigenvalue weighted by molar-refractivity contribution is 0.130. The molecule has 284 valence electrons. The van der Waals surface area contributed by atoms with Crippen LogP contribution in [0.4, 0.5) is 0 Å². The van der Waals surface area contributed by atoms with Crippen molar-refractivity contribution < 1.29 is 10.0 Å². The highest BCUT2D eigenvalue weighted by atomic mass is 79.9. The maximum absolute atomic E-state index is 8.99. The van der Waals surface area contributed by atoms with Gasteiger partial charge >= 0.3 is 7.12 Å². The number of rotatable bonds is 4. The Labute approximate surface area is 336 Å². The van der Waals surface area contributed by atoms with Crippen LogP contribution in [-0.2, 0) is 25.9 Å². The van der Waals surface area contributed by atoms with Gasteiger partial charge in [-0.15, -0.1) is 0 Å². The van der Waals surface area contributed by atoms with E-state index in [1.165, 1.54) is 104 Å². The minimum absolute atomic E-state index is 0.393. The summed E-state index contributed by atoms with van der Waals surface area (Å²) >= 11 is 3.57. The topological polar surface area (TPSA) is 130 Å². The summed E-state index contributed by atoms with van der Waals surface area (Å²) in [6.07, 6.45) is 10.5. The molecule has 0 bridgehead atoms. The number of nitrogens with zero attached hydrogens (tertiary/aromatic N) is 8. The van der Waals surface area contributed by atoms with Crippen LogP contribution in [0.2, 0.25) is 0 Å². The highest BCUT2D eigenvalue weighted by Crippen LogP contribution is 2.30. The molecule has 2 aliphatic carbocycles. The summed E-state index contributed by atoms with van der Waals surface area (Å²) in [5, 5.41) is 34.7. The van der Waals surface area contributed by atoms with Crippen molar-refractivity contribution in [3.8, 4) is 23.3 Å². The van der Waals surface area contributed by atoms with Crippen LogP contribution in [0.25, 0.3) is 33.2 Å². The van der Waals surface area contributed by atoms with Gasteiger partial charge in [-0.1, -0.05) is 59.1 Å². The van der Waals surface area contributed by atoms with Crippen LogP contribution in [0.5, 0.6) is 0 Å². The smallest absolute Gasteiger partial charge is 0.423 e. The molecular weight excluding hydrogens is 763 g/mol. The van der Waals surface area contributed by atoms with E-state index in [2.05, 4.69) is 77.3 Å². The van der Waals surface area contributed by atoms with Crippen LogP contribution in [0.3, 0.4) is 0 Å². The Morgan fingerprint density at radius 3 is 1.55 bits per heavy atom. The predicted octanol–water partition coefficient (Wildman–Crippen LogP) is 6.43. The van der Waals surface area contributed by atoms with Crippen molar-refractivity contribution in [1.82, 2.24) is 28.9 Å². The Morgan fingerprint density at radius 2 is 1.07 bits per heavy atom. The van der Waals surface area contributed by atoms with Gasteiger partial charge in [-0.25, -0.2) is 9.97 Å². The molecule has 2 aromatic heterocycles. The molecule has 2 aliphatic heterocycles. The molecule has 10 nitrogen and oxygen atoms in total. The van der Waals surface area contributed by atoms with Gasteiger partial charge in [0, 0.05) is 68.7 Å². The van der Waals surface area contributed by atoms with E-state index in [1.54, 1.807) is 0 Å². The molecular formula is C44H46BBrN8O2. The standard InChI is InChI=1S/C22H22N4.C15H18BrN3.C7H6BNO2/c23-15-16-4-6-17(7-5-16)18-8-9-20-21(14-18)26-13-12-25(19-2-1-3-19)11-10-22(26)24-20;16-11-4-5-13-14(10-11)19-9-8-18(12-2-1-3-12)7-6-15(19)17-13;9-5-6-1-3-7(4-2-6)8(10)11/h4-9,14,19H,1-3,10-13H2;4-5,10,12H,1-3,6-9H2;1-4,10-11H. The molecule has 0 radical (unpaired) electrons. The van der Waals surface area contributed by atoms with Crippen LogP contribution in [0.15, 0.2) is 89.4 Å². The normalized spacial score (nSPS) is 17.3. The van der Waals surface area contributed by atoms with Crippen LogP contribution >= 0.6 is 15.9 Å². The van der Waals surface area contributed by atoms with Crippen LogP contribution in [-0.4, -0.2) is 84.3 Å². The number of halogens is 1. The summed E-state index contributed by atoms with van der Waals surface area (Å²) in [5.41, 5.74) is 8.67. The van der Waals surface area contributed by atoms with Gasteiger partial charge in [0.15, 0.2) is 0 Å². The minimum atomic E-state index is -1.46. The molecule has 0 saturated heterocycles. The Kier molecular flexibility index (Phi) is 11.6. The zero-order valence-electron chi connectivity index (χ0n) is 31.6. The minimum Gasteiger partial charge on any atom is -0.423 e. The first-order chi connectivity index (χ1) is 27.4. The number of hydrogen-bond donors (Lipinski definition) is 2. The Morgan fingerprint density at radius 1 is 0.589 bits per heavy atom. The first kappa shape index (κ1) is 38.1. The molecule has 2 saturated carbocycles.